The molecule has 0 atom stereocenters. The van der Waals surface area contributed by atoms with Gasteiger partial charge in [0.1, 0.15) is 0 Å². The molecule has 0 bridgehead atoms. The lowest BCUT2D eigenvalue weighted by molar-refractivity contribution is 0.711. The zero-order chi connectivity index (χ0) is 9.80. The molecular formula is C13H20ClN. The van der Waals surface area contributed by atoms with Crippen LogP contribution < -0.4 is 5.73 Å². The molecule has 0 radical (unpaired) electrons. The van der Waals surface area contributed by atoms with E-state index in [0.717, 1.165) is 13.0 Å². The van der Waals surface area contributed by atoms with Crippen LogP contribution in [-0.4, -0.2) is 6.54 Å². The van der Waals surface area contributed by atoms with Gasteiger partial charge < -0.3 is 5.73 Å². The quantitative estimate of drug-likeness (QED) is 0.770. The summed E-state index contributed by atoms with van der Waals surface area (Å²) in [5.74, 6) is 0. The zero-order valence-corrected chi connectivity index (χ0v) is 9.98. The Kier molecular flexibility index (Phi) is 5.13. The second-order valence-corrected chi connectivity index (χ2v) is 4.20. The van der Waals surface area contributed by atoms with E-state index in [2.05, 4.69) is 18.2 Å². The SMILES string of the molecule is Cl.NCCc1ccc2c(c1)CCCCC2. The van der Waals surface area contributed by atoms with Crippen molar-refractivity contribution in [3.63, 3.8) is 0 Å². The van der Waals surface area contributed by atoms with Gasteiger partial charge in [-0.1, -0.05) is 24.6 Å². The van der Waals surface area contributed by atoms with E-state index in [-0.39, 0.29) is 12.4 Å². The Balaban J connectivity index is 0.00000112. The second kappa shape index (κ2) is 6.14. The number of aryl methyl sites for hydroxylation is 2. The molecule has 1 aliphatic carbocycles. The molecule has 0 aromatic heterocycles. The average molecular weight is 226 g/mol. The minimum atomic E-state index is 0. The van der Waals surface area contributed by atoms with Crippen molar-refractivity contribution in [1.82, 2.24) is 0 Å². The molecule has 1 aromatic carbocycles. The summed E-state index contributed by atoms with van der Waals surface area (Å²) in [6.07, 6.45) is 7.68. The van der Waals surface area contributed by atoms with Crippen molar-refractivity contribution in [3.05, 3.63) is 34.9 Å². The first-order valence-corrected chi connectivity index (χ1v) is 5.71. The highest BCUT2D eigenvalue weighted by Crippen LogP contribution is 2.21. The maximum Gasteiger partial charge on any atom is -0.00367 e. The monoisotopic (exact) mass is 225 g/mol. The molecule has 0 aliphatic heterocycles. The van der Waals surface area contributed by atoms with Crippen LogP contribution in [0.25, 0.3) is 0 Å². The van der Waals surface area contributed by atoms with Crippen LogP contribution in [0.1, 0.15) is 36.0 Å². The third-order valence-electron chi connectivity index (χ3n) is 3.10. The standard InChI is InChI=1S/C13H19N.ClH/c14-9-8-11-6-7-12-4-2-1-3-5-13(12)10-11;/h6-7,10H,1-5,8-9,14H2;1H. The maximum atomic E-state index is 5.57. The Bertz CT molecular complexity index is 309. The van der Waals surface area contributed by atoms with Crippen LogP contribution in [0.3, 0.4) is 0 Å². The van der Waals surface area contributed by atoms with Crippen LogP contribution >= 0.6 is 12.4 Å². The van der Waals surface area contributed by atoms with Crippen LogP contribution in [0.4, 0.5) is 0 Å². The molecule has 0 heterocycles. The summed E-state index contributed by atoms with van der Waals surface area (Å²) in [5.41, 5.74) is 10.1. The van der Waals surface area contributed by atoms with E-state index in [1.165, 1.54) is 37.7 Å². The molecule has 0 saturated heterocycles. The van der Waals surface area contributed by atoms with Gasteiger partial charge in [0, 0.05) is 0 Å². The van der Waals surface area contributed by atoms with E-state index in [1.54, 1.807) is 11.1 Å². The Morgan fingerprint density at radius 1 is 1.00 bits per heavy atom. The molecule has 2 heteroatoms. The summed E-state index contributed by atoms with van der Waals surface area (Å²) in [4.78, 5) is 0. The van der Waals surface area contributed by atoms with E-state index in [0.29, 0.717) is 0 Å². The van der Waals surface area contributed by atoms with Crippen molar-refractivity contribution in [1.29, 1.82) is 0 Å². The first-order chi connectivity index (χ1) is 6.90. The van der Waals surface area contributed by atoms with Crippen molar-refractivity contribution >= 4 is 12.4 Å². The third-order valence-corrected chi connectivity index (χ3v) is 3.10. The van der Waals surface area contributed by atoms with Crippen molar-refractivity contribution in [2.75, 3.05) is 6.54 Å². The Labute approximate surface area is 98.5 Å². The van der Waals surface area contributed by atoms with Crippen molar-refractivity contribution in [2.45, 2.75) is 38.5 Å². The molecular weight excluding hydrogens is 206 g/mol. The number of rotatable bonds is 2. The van der Waals surface area contributed by atoms with Gasteiger partial charge >= 0.3 is 0 Å². The van der Waals surface area contributed by atoms with Crippen LogP contribution in [0, 0.1) is 0 Å². The number of nitrogens with two attached hydrogens (primary N) is 1. The highest BCUT2D eigenvalue weighted by atomic mass is 35.5. The molecule has 0 spiro atoms. The smallest absolute Gasteiger partial charge is 0.00367 e. The van der Waals surface area contributed by atoms with Gasteiger partial charge in [-0.3, -0.25) is 0 Å². The molecule has 1 aliphatic rings. The molecule has 15 heavy (non-hydrogen) atoms. The summed E-state index contributed by atoms with van der Waals surface area (Å²) < 4.78 is 0. The summed E-state index contributed by atoms with van der Waals surface area (Å²) in [6, 6.07) is 6.93. The summed E-state index contributed by atoms with van der Waals surface area (Å²) >= 11 is 0. The summed E-state index contributed by atoms with van der Waals surface area (Å²) in [5, 5.41) is 0. The van der Waals surface area contributed by atoms with Gasteiger partial charge in [0.2, 0.25) is 0 Å². The van der Waals surface area contributed by atoms with Gasteiger partial charge in [-0.25, -0.2) is 0 Å². The topological polar surface area (TPSA) is 26.0 Å². The number of hydrogen-bond donors (Lipinski definition) is 1. The van der Waals surface area contributed by atoms with Gasteiger partial charge in [-0.15, -0.1) is 12.4 Å². The fourth-order valence-corrected chi connectivity index (χ4v) is 2.29. The maximum absolute atomic E-state index is 5.57. The van der Waals surface area contributed by atoms with Gasteiger partial charge in [0.25, 0.3) is 0 Å². The lowest BCUT2D eigenvalue weighted by atomic mass is 9.99. The van der Waals surface area contributed by atoms with E-state index in [4.69, 9.17) is 5.73 Å². The largest absolute Gasteiger partial charge is 0.330 e. The number of halogens is 1. The van der Waals surface area contributed by atoms with Crippen molar-refractivity contribution in [3.8, 4) is 0 Å². The average Bonchev–Trinajstić information content (AvgIpc) is 2.42. The fourth-order valence-electron chi connectivity index (χ4n) is 2.29. The first kappa shape index (κ1) is 12.5. The molecule has 0 amide bonds. The van der Waals surface area contributed by atoms with E-state index >= 15 is 0 Å². The van der Waals surface area contributed by atoms with Gasteiger partial charge in [-0.2, -0.15) is 0 Å². The normalized spacial score (nSPS) is 15.0. The fraction of sp³-hybridized carbons (Fsp3) is 0.538. The Morgan fingerprint density at radius 3 is 2.47 bits per heavy atom. The highest BCUT2D eigenvalue weighted by Gasteiger charge is 2.07. The van der Waals surface area contributed by atoms with Crippen molar-refractivity contribution in [2.24, 2.45) is 5.73 Å². The third kappa shape index (κ3) is 3.22. The molecule has 2 rings (SSSR count). The summed E-state index contributed by atoms with van der Waals surface area (Å²) in [6.45, 7) is 0.763. The van der Waals surface area contributed by atoms with E-state index in [9.17, 15) is 0 Å². The second-order valence-electron chi connectivity index (χ2n) is 4.20. The molecule has 1 nitrogen and oxygen atoms in total. The lowest BCUT2D eigenvalue weighted by Gasteiger charge is -2.07. The van der Waals surface area contributed by atoms with Gasteiger partial charge in [0.15, 0.2) is 0 Å². The van der Waals surface area contributed by atoms with E-state index < -0.39 is 0 Å². The number of hydrogen-bond acceptors (Lipinski definition) is 1. The molecule has 2 N–H and O–H groups in total. The van der Waals surface area contributed by atoms with E-state index in [1.807, 2.05) is 0 Å². The molecule has 0 fully saturated rings. The highest BCUT2D eigenvalue weighted by molar-refractivity contribution is 5.85. The minimum absolute atomic E-state index is 0. The van der Waals surface area contributed by atoms with Gasteiger partial charge in [0.05, 0.1) is 0 Å². The minimum Gasteiger partial charge on any atom is -0.330 e. The van der Waals surface area contributed by atoms with Crippen LogP contribution in [0.2, 0.25) is 0 Å². The number of fused-ring (bicyclic) bond motifs is 1. The number of benzene rings is 1. The Morgan fingerprint density at radius 2 is 1.73 bits per heavy atom. The molecule has 1 aromatic rings. The predicted molar refractivity (Wildman–Crippen MR) is 67.7 cm³/mol. The first-order valence-electron chi connectivity index (χ1n) is 5.71. The Hall–Kier alpha value is -0.530. The molecule has 0 unspecified atom stereocenters. The zero-order valence-electron chi connectivity index (χ0n) is 9.17. The van der Waals surface area contributed by atoms with Gasteiger partial charge in [-0.05, 0) is 55.3 Å². The molecule has 0 saturated carbocycles. The van der Waals surface area contributed by atoms with Crippen molar-refractivity contribution < 1.29 is 0 Å². The van der Waals surface area contributed by atoms with Crippen LogP contribution in [0.5, 0.6) is 0 Å². The summed E-state index contributed by atoms with van der Waals surface area (Å²) in [7, 11) is 0. The van der Waals surface area contributed by atoms with Crippen LogP contribution in [0.15, 0.2) is 18.2 Å². The predicted octanol–water partition coefficient (Wildman–Crippen LogP) is 2.88. The van der Waals surface area contributed by atoms with Crippen LogP contribution in [-0.2, 0) is 19.3 Å². The molecule has 84 valence electrons. The lowest BCUT2D eigenvalue weighted by Crippen LogP contribution is -2.03.